The smallest absolute Gasteiger partial charge is 0.292 e. The predicted octanol–water partition coefficient (Wildman–Crippen LogP) is 3.92. The van der Waals surface area contributed by atoms with Crippen LogP contribution in [0.3, 0.4) is 0 Å². The molecule has 0 bridgehead atoms. The number of Topliss-reactive ketones (excluding diaryl/α,β-unsaturated/α-hetero) is 2. The van der Waals surface area contributed by atoms with Crippen molar-refractivity contribution in [2.45, 2.75) is 19.3 Å². The average Bonchev–Trinajstić information content (AvgIpc) is 2.60. The number of nitrogens with zero attached hydrogens (tertiary/aromatic N) is 1. The fraction of sp³-hybridized carbons (Fsp3) is 0.167. The van der Waals surface area contributed by atoms with Crippen LogP contribution in [0.2, 0.25) is 0 Å². The van der Waals surface area contributed by atoms with Gasteiger partial charge in [0.1, 0.15) is 11.5 Å². The molecular formula is C18H15BrN2O5. The first-order valence-corrected chi connectivity index (χ1v) is 8.50. The Kier molecular flexibility index (Phi) is 6.74. The lowest BCUT2D eigenvalue weighted by Crippen LogP contribution is -2.15. The van der Waals surface area contributed by atoms with Crippen LogP contribution in [0.5, 0.6) is 0 Å². The second-order valence-corrected chi connectivity index (χ2v) is 6.38. The first kappa shape index (κ1) is 19.5. The van der Waals surface area contributed by atoms with Crippen LogP contribution in [0.1, 0.15) is 29.6 Å². The lowest BCUT2D eigenvalue weighted by molar-refractivity contribution is -0.383. The Morgan fingerprint density at radius 1 is 1.00 bits per heavy atom. The van der Waals surface area contributed by atoms with E-state index in [1.54, 1.807) is 30.3 Å². The molecule has 0 spiro atoms. The Balaban J connectivity index is 1.85. The summed E-state index contributed by atoms with van der Waals surface area (Å²) < 4.78 is 0.826. The summed E-state index contributed by atoms with van der Waals surface area (Å²) in [5.74, 6) is -1.21. The van der Waals surface area contributed by atoms with E-state index in [-0.39, 0.29) is 42.2 Å². The van der Waals surface area contributed by atoms with Crippen molar-refractivity contribution < 1.29 is 19.3 Å². The van der Waals surface area contributed by atoms with E-state index in [0.29, 0.717) is 5.56 Å². The summed E-state index contributed by atoms with van der Waals surface area (Å²) in [4.78, 5) is 46.1. The third-order valence-corrected chi connectivity index (χ3v) is 4.06. The monoisotopic (exact) mass is 418 g/mol. The van der Waals surface area contributed by atoms with Gasteiger partial charge in [0, 0.05) is 28.9 Å². The zero-order valence-electron chi connectivity index (χ0n) is 13.6. The number of benzene rings is 2. The topological polar surface area (TPSA) is 106 Å². The molecule has 0 radical (unpaired) electrons. The summed E-state index contributed by atoms with van der Waals surface area (Å²) in [6, 6.07) is 12.4. The van der Waals surface area contributed by atoms with E-state index in [1.165, 1.54) is 18.2 Å². The van der Waals surface area contributed by atoms with Crippen LogP contribution in [0.25, 0.3) is 0 Å². The van der Waals surface area contributed by atoms with Crippen molar-refractivity contribution in [2.24, 2.45) is 0 Å². The van der Waals surface area contributed by atoms with Gasteiger partial charge in [0.2, 0.25) is 5.91 Å². The molecule has 0 unspecified atom stereocenters. The zero-order valence-corrected chi connectivity index (χ0v) is 15.2. The van der Waals surface area contributed by atoms with Crippen LogP contribution >= 0.6 is 15.9 Å². The van der Waals surface area contributed by atoms with Gasteiger partial charge in [-0.25, -0.2) is 0 Å². The molecular weight excluding hydrogens is 404 g/mol. The molecule has 0 aromatic heterocycles. The highest BCUT2D eigenvalue weighted by Crippen LogP contribution is 2.23. The number of carbonyl (C=O) groups is 3. The Bertz CT molecular complexity index is 849. The van der Waals surface area contributed by atoms with Crippen LogP contribution in [-0.4, -0.2) is 22.4 Å². The molecule has 134 valence electrons. The van der Waals surface area contributed by atoms with Crippen molar-refractivity contribution in [2.75, 3.05) is 5.32 Å². The molecule has 0 aliphatic rings. The van der Waals surface area contributed by atoms with Gasteiger partial charge >= 0.3 is 0 Å². The Morgan fingerprint density at radius 2 is 1.65 bits per heavy atom. The molecule has 1 N–H and O–H groups in total. The molecule has 2 aromatic rings. The molecule has 7 nitrogen and oxygen atoms in total. The summed E-state index contributed by atoms with van der Waals surface area (Å²) in [6.07, 6.45) is -0.562. The van der Waals surface area contributed by atoms with E-state index in [1.807, 2.05) is 0 Å². The Morgan fingerprint density at radius 3 is 2.31 bits per heavy atom. The Labute approximate surface area is 157 Å². The number of nitro benzene ring substituents is 1. The van der Waals surface area contributed by atoms with Gasteiger partial charge < -0.3 is 5.32 Å². The van der Waals surface area contributed by atoms with Gasteiger partial charge in [0.15, 0.2) is 5.78 Å². The normalized spacial score (nSPS) is 10.2. The Hall–Kier alpha value is -2.87. The summed E-state index contributed by atoms with van der Waals surface area (Å²) in [6.45, 7) is 0. The van der Waals surface area contributed by atoms with E-state index in [4.69, 9.17) is 0 Å². The highest BCUT2D eigenvalue weighted by atomic mass is 79.9. The number of amides is 1. The number of ketones is 2. The molecule has 2 rings (SSSR count). The highest BCUT2D eigenvalue weighted by Gasteiger charge is 2.17. The van der Waals surface area contributed by atoms with E-state index in [9.17, 15) is 24.5 Å². The number of anilines is 1. The van der Waals surface area contributed by atoms with Crippen molar-refractivity contribution in [3.63, 3.8) is 0 Å². The molecule has 0 saturated heterocycles. The molecule has 0 aliphatic heterocycles. The minimum atomic E-state index is -0.600. The molecule has 0 fully saturated rings. The molecule has 1 amide bonds. The lowest BCUT2D eigenvalue weighted by atomic mass is 10.0. The summed E-state index contributed by atoms with van der Waals surface area (Å²) in [5, 5.41) is 13.3. The van der Waals surface area contributed by atoms with Crippen LogP contribution in [-0.2, 0) is 9.59 Å². The maximum atomic E-state index is 12.0. The van der Waals surface area contributed by atoms with Crippen LogP contribution in [0, 0.1) is 10.1 Å². The summed E-state index contributed by atoms with van der Waals surface area (Å²) >= 11 is 3.26. The fourth-order valence-electron chi connectivity index (χ4n) is 2.21. The standard InChI is InChI=1S/C18H15BrN2O5/c19-13-7-5-12(6-8-13)17(23)11-14(22)9-10-18(24)20-15-3-1-2-4-16(15)21(25)26/h1-8H,9-11H2,(H,20,24). The van der Waals surface area contributed by atoms with Gasteiger partial charge in [-0.15, -0.1) is 0 Å². The number of carbonyl (C=O) groups excluding carboxylic acids is 3. The van der Waals surface area contributed by atoms with Gasteiger partial charge in [-0.2, -0.15) is 0 Å². The second kappa shape index (κ2) is 9.00. The molecule has 0 saturated carbocycles. The molecule has 0 atom stereocenters. The largest absolute Gasteiger partial charge is 0.320 e. The number of nitrogens with one attached hydrogen (secondary N) is 1. The molecule has 26 heavy (non-hydrogen) atoms. The van der Waals surface area contributed by atoms with Gasteiger partial charge in [0.05, 0.1) is 11.3 Å². The first-order valence-electron chi connectivity index (χ1n) is 7.70. The molecule has 8 heteroatoms. The summed E-state index contributed by atoms with van der Waals surface area (Å²) in [5.41, 5.74) is 0.268. The number of rotatable bonds is 8. The van der Waals surface area contributed by atoms with Crippen LogP contribution in [0.4, 0.5) is 11.4 Å². The van der Waals surface area contributed by atoms with Gasteiger partial charge in [0.25, 0.3) is 5.69 Å². The third-order valence-electron chi connectivity index (χ3n) is 3.53. The number of halogens is 1. The maximum absolute atomic E-state index is 12.0. The van der Waals surface area contributed by atoms with Crippen molar-refractivity contribution in [1.29, 1.82) is 0 Å². The SMILES string of the molecule is O=C(CCC(=O)Nc1ccccc1[N+](=O)[O-])CC(=O)c1ccc(Br)cc1. The number of hydrogen-bond acceptors (Lipinski definition) is 5. The van der Waals surface area contributed by atoms with Crippen molar-refractivity contribution in [3.8, 4) is 0 Å². The minimum absolute atomic E-state index is 0.0703. The molecule has 2 aromatic carbocycles. The van der Waals surface area contributed by atoms with Crippen molar-refractivity contribution >= 4 is 44.8 Å². The number of hydrogen-bond donors (Lipinski definition) is 1. The predicted molar refractivity (Wildman–Crippen MR) is 99.1 cm³/mol. The van der Waals surface area contributed by atoms with Crippen molar-refractivity contribution in [3.05, 3.63) is 68.7 Å². The molecule has 0 aliphatic carbocycles. The van der Waals surface area contributed by atoms with E-state index >= 15 is 0 Å². The van der Waals surface area contributed by atoms with E-state index in [2.05, 4.69) is 21.2 Å². The maximum Gasteiger partial charge on any atom is 0.292 e. The number of para-hydroxylation sites is 2. The minimum Gasteiger partial charge on any atom is -0.320 e. The zero-order chi connectivity index (χ0) is 19.1. The van der Waals surface area contributed by atoms with Crippen molar-refractivity contribution in [1.82, 2.24) is 0 Å². The van der Waals surface area contributed by atoms with Gasteiger partial charge in [-0.05, 0) is 18.2 Å². The van der Waals surface area contributed by atoms with Crippen LogP contribution < -0.4 is 5.32 Å². The van der Waals surface area contributed by atoms with Gasteiger partial charge in [-0.3, -0.25) is 24.5 Å². The molecule has 0 heterocycles. The lowest BCUT2D eigenvalue weighted by Gasteiger charge is -2.05. The van der Waals surface area contributed by atoms with E-state index in [0.717, 1.165) is 4.47 Å². The average molecular weight is 419 g/mol. The highest BCUT2D eigenvalue weighted by molar-refractivity contribution is 9.10. The number of nitro groups is 1. The van der Waals surface area contributed by atoms with E-state index < -0.39 is 10.8 Å². The second-order valence-electron chi connectivity index (χ2n) is 5.47. The quantitative estimate of drug-likeness (QED) is 0.302. The third kappa shape index (κ3) is 5.59. The first-order chi connectivity index (χ1) is 12.4. The van der Waals surface area contributed by atoms with Crippen LogP contribution in [0.15, 0.2) is 53.0 Å². The van der Waals surface area contributed by atoms with Gasteiger partial charge in [-0.1, -0.05) is 40.2 Å². The fourth-order valence-corrected chi connectivity index (χ4v) is 2.47. The summed E-state index contributed by atoms with van der Waals surface area (Å²) in [7, 11) is 0.